The van der Waals surface area contributed by atoms with Gasteiger partial charge < -0.3 is 24.3 Å². The van der Waals surface area contributed by atoms with Crippen molar-refractivity contribution in [3.63, 3.8) is 0 Å². The number of amides is 1. The number of rotatable bonds is 7. The Morgan fingerprint density at radius 3 is 2.00 bits per heavy atom. The predicted molar refractivity (Wildman–Crippen MR) is 106 cm³/mol. The number of aryl methyl sites for hydroxylation is 2. The van der Waals surface area contributed by atoms with Gasteiger partial charge in [-0.25, -0.2) is 4.79 Å². The molecule has 2 aromatic carbocycles. The normalized spacial score (nSPS) is 11.4. The molecule has 0 aliphatic heterocycles. The molecule has 0 spiro atoms. The lowest BCUT2D eigenvalue weighted by Crippen LogP contribution is -2.31. The largest absolute Gasteiger partial charge is 0.493 e. The maximum Gasteiger partial charge on any atom is 0.340 e. The van der Waals surface area contributed by atoms with Crippen LogP contribution in [0.1, 0.15) is 28.4 Å². The molecule has 1 atom stereocenters. The summed E-state index contributed by atoms with van der Waals surface area (Å²) in [6.07, 6.45) is -0.792. The van der Waals surface area contributed by atoms with Gasteiger partial charge in [-0.3, -0.25) is 4.79 Å². The summed E-state index contributed by atoms with van der Waals surface area (Å²) in [6.45, 7) is 5.54. The highest BCUT2D eigenvalue weighted by Gasteiger charge is 2.22. The summed E-state index contributed by atoms with van der Waals surface area (Å²) < 4.78 is 21.0. The van der Waals surface area contributed by atoms with E-state index in [2.05, 4.69) is 5.32 Å². The fourth-order valence-corrected chi connectivity index (χ4v) is 2.75. The van der Waals surface area contributed by atoms with Crippen LogP contribution in [-0.2, 0) is 9.53 Å². The Morgan fingerprint density at radius 1 is 0.893 bits per heavy atom. The van der Waals surface area contributed by atoms with E-state index in [0.29, 0.717) is 17.2 Å². The van der Waals surface area contributed by atoms with E-state index in [9.17, 15) is 9.59 Å². The van der Waals surface area contributed by atoms with Gasteiger partial charge in [0.1, 0.15) is 5.75 Å². The Balaban J connectivity index is 2.27. The second-order valence-corrected chi connectivity index (χ2v) is 6.32. The van der Waals surface area contributed by atoms with Gasteiger partial charge >= 0.3 is 5.97 Å². The predicted octanol–water partition coefficient (Wildman–Crippen LogP) is 3.51. The van der Waals surface area contributed by atoms with Crippen LogP contribution in [-0.4, -0.2) is 39.3 Å². The molecule has 150 valence electrons. The van der Waals surface area contributed by atoms with Crippen LogP contribution in [0.15, 0.2) is 30.3 Å². The fourth-order valence-electron chi connectivity index (χ4n) is 2.75. The Morgan fingerprint density at radius 2 is 1.46 bits per heavy atom. The molecule has 0 heterocycles. The van der Waals surface area contributed by atoms with Crippen molar-refractivity contribution in [3.05, 3.63) is 47.0 Å². The van der Waals surface area contributed by atoms with Crippen molar-refractivity contribution in [1.29, 1.82) is 0 Å². The molecule has 7 heteroatoms. The van der Waals surface area contributed by atoms with E-state index < -0.39 is 18.0 Å². The molecular formula is C21H25NO6. The number of methoxy groups -OCH3 is 3. The number of nitrogens with one attached hydrogen (secondary N) is 1. The number of anilines is 1. The first-order valence-electron chi connectivity index (χ1n) is 8.69. The molecule has 0 bridgehead atoms. The second kappa shape index (κ2) is 9.12. The van der Waals surface area contributed by atoms with Crippen molar-refractivity contribution < 1.29 is 28.5 Å². The van der Waals surface area contributed by atoms with Gasteiger partial charge in [-0.15, -0.1) is 0 Å². The summed E-state index contributed by atoms with van der Waals surface area (Å²) >= 11 is 0. The van der Waals surface area contributed by atoms with Crippen LogP contribution in [0.3, 0.4) is 0 Å². The van der Waals surface area contributed by atoms with E-state index in [1.165, 1.54) is 33.5 Å². The number of hydrogen-bond acceptors (Lipinski definition) is 6. The van der Waals surface area contributed by atoms with Crippen LogP contribution in [0.5, 0.6) is 17.2 Å². The molecule has 0 aromatic heterocycles. The Bertz CT molecular complexity index is 857. The third-order valence-corrected chi connectivity index (χ3v) is 4.06. The summed E-state index contributed by atoms with van der Waals surface area (Å²) in [5.74, 6) is 0.282. The van der Waals surface area contributed by atoms with Gasteiger partial charge in [0, 0.05) is 12.1 Å². The third-order valence-electron chi connectivity index (χ3n) is 4.06. The first-order chi connectivity index (χ1) is 13.3. The van der Waals surface area contributed by atoms with Crippen LogP contribution >= 0.6 is 0 Å². The highest BCUT2D eigenvalue weighted by atomic mass is 16.5. The SMILES string of the molecule is COC(=O)c1cc(OC)c(OC)cc1NC(=O)[C@@H](C)Oc1cc(C)cc(C)c1. The molecule has 0 saturated carbocycles. The van der Waals surface area contributed by atoms with Gasteiger partial charge in [-0.2, -0.15) is 0 Å². The van der Waals surface area contributed by atoms with Crippen LogP contribution < -0.4 is 19.5 Å². The minimum absolute atomic E-state index is 0.145. The van der Waals surface area contributed by atoms with Crippen molar-refractivity contribution in [2.75, 3.05) is 26.6 Å². The molecule has 0 radical (unpaired) electrons. The van der Waals surface area contributed by atoms with E-state index in [-0.39, 0.29) is 11.3 Å². The molecule has 0 unspecified atom stereocenters. The lowest BCUT2D eigenvalue weighted by Gasteiger charge is -2.18. The van der Waals surface area contributed by atoms with Crippen molar-refractivity contribution in [3.8, 4) is 17.2 Å². The topological polar surface area (TPSA) is 83.1 Å². The van der Waals surface area contributed by atoms with Gasteiger partial charge in [0.05, 0.1) is 32.6 Å². The van der Waals surface area contributed by atoms with Gasteiger partial charge in [0.2, 0.25) is 0 Å². The molecule has 7 nitrogen and oxygen atoms in total. The maximum absolute atomic E-state index is 12.6. The van der Waals surface area contributed by atoms with Crippen molar-refractivity contribution in [2.24, 2.45) is 0 Å². The average molecular weight is 387 g/mol. The Labute approximate surface area is 164 Å². The molecule has 0 aliphatic rings. The zero-order valence-electron chi connectivity index (χ0n) is 16.9. The molecule has 0 aliphatic carbocycles. The molecule has 2 aromatic rings. The number of carbonyl (C=O) groups is 2. The quantitative estimate of drug-likeness (QED) is 0.732. The van der Waals surface area contributed by atoms with E-state index >= 15 is 0 Å². The van der Waals surface area contributed by atoms with E-state index in [1.54, 1.807) is 6.92 Å². The van der Waals surface area contributed by atoms with Crippen molar-refractivity contribution in [2.45, 2.75) is 26.9 Å². The first kappa shape index (κ1) is 21.1. The van der Waals surface area contributed by atoms with E-state index in [4.69, 9.17) is 18.9 Å². The third kappa shape index (κ3) is 4.94. The van der Waals surface area contributed by atoms with Gasteiger partial charge in [-0.05, 0) is 44.0 Å². The van der Waals surface area contributed by atoms with Gasteiger partial charge in [0.15, 0.2) is 17.6 Å². The van der Waals surface area contributed by atoms with Gasteiger partial charge in [0.25, 0.3) is 5.91 Å². The number of benzene rings is 2. The van der Waals surface area contributed by atoms with E-state index in [1.807, 2.05) is 32.0 Å². The summed E-state index contributed by atoms with van der Waals surface area (Å²) in [7, 11) is 4.18. The molecular weight excluding hydrogens is 362 g/mol. The molecule has 1 amide bonds. The highest BCUT2D eigenvalue weighted by molar-refractivity contribution is 6.03. The lowest BCUT2D eigenvalue weighted by molar-refractivity contribution is -0.122. The lowest BCUT2D eigenvalue weighted by atomic mass is 10.1. The molecule has 1 N–H and O–H groups in total. The van der Waals surface area contributed by atoms with Crippen molar-refractivity contribution in [1.82, 2.24) is 0 Å². The standard InChI is InChI=1S/C21H25NO6/c1-12-7-13(2)9-15(8-12)28-14(3)20(23)22-17-11-19(26-5)18(25-4)10-16(17)21(24)27-6/h7-11,14H,1-6H3,(H,22,23)/t14-/m1/s1. The molecule has 28 heavy (non-hydrogen) atoms. The summed E-state index contributed by atoms with van der Waals surface area (Å²) in [5.41, 5.74) is 2.46. The Kier molecular flexibility index (Phi) is 6.87. The van der Waals surface area contributed by atoms with Crippen LogP contribution in [0.4, 0.5) is 5.69 Å². The summed E-state index contributed by atoms with van der Waals surface area (Å²) in [4.78, 5) is 24.8. The summed E-state index contributed by atoms with van der Waals surface area (Å²) in [5, 5.41) is 2.70. The molecule has 2 rings (SSSR count). The average Bonchev–Trinajstić information content (AvgIpc) is 2.65. The molecule has 0 saturated heterocycles. The zero-order valence-corrected chi connectivity index (χ0v) is 16.9. The van der Waals surface area contributed by atoms with Gasteiger partial charge in [-0.1, -0.05) is 6.07 Å². The van der Waals surface area contributed by atoms with Crippen molar-refractivity contribution >= 4 is 17.6 Å². The second-order valence-electron chi connectivity index (χ2n) is 6.32. The number of hydrogen-bond donors (Lipinski definition) is 1. The zero-order chi connectivity index (χ0) is 20.8. The van der Waals surface area contributed by atoms with Crippen LogP contribution in [0.2, 0.25) is 0 Å². The number of esters is 1. The monoisotopic (exact) mass is 387 g/mol. The van der Waals surface area contributed by atoms with Crippen LogP contribution in [0.25, 0.3) is 0 Å². The first-order valence-corrected chi connectivity index (χ1v) is 8.69. The smallest absolute Gasteiger partial charge is 0.340 e. The number of ether oxygens (including phenoxy) is 4. The maximum atomic E-state index is 12.6. The van der Waals surface area contributed by atoms with Crippen LogP contribution in [0, 0.1) is 13.8 Å². The number of carbonyl (C=O) groups excluding carboxylic acids is 2. The Hall–Kier alpha value is -3.22. The fraction of sp³-hybridized carbons (Fsp3) is 0.333. The molecule has 0 fully saturated rings. The summed E-state index contributed by atoms with van der Waals surface area (Å²) in [6, 6.07) is 8.69. The highest BCUT2D eigenvalue weighted by Crippen LogP contribution is 2.34. The van der Waals surface area contributed by atoms with E-state index in [0.717, 1.165) is 11.1 Å². The minimum Gasteiger partial charge on any atom is -0.493 e. The minimum atomic E-state index is -0.792.